The third kappa shape index (κ3) is 2.10. The van der Waals surface area contributed by atoms with E-state index in [1.807, 2.05) is 6.07 Å². The van der Waals surface area contributed by atoms with Crippen LogP contribution in [0, 0.1) is 0 Å². The molecule has 0 N–H and O–H groups in total. The van der Waals surface area contributed by atoms with Gasteiger partial charge in [0.15, 0.2) is 0 Å². The minimum atomic E-state index is 0.965. The molecule has 0 atom stereocenters. The van der Waals surface area contributed by atoms with Crippen molar-refractivity contribution in [2.75, 3.05) is 26.7 Å². The van der Waals surface area contributed by atoms with Gasteiger partial charge < -0.3 is 14.2 Å². The number of rotatable bonds is 4. The van der Waals surface area contributed by atoms with E-state index in [0.717, 1.165) is 18.8 Å². The fourth-order valence-corrected chi connectivity index (χ4v) is 2.82. The summed E-state index contributed by atoms with van der Waals surface area (Å²) >= 11 is 0. The summed E-state index contributed by atoms with van der Waals surface area (Å²) in [6, 6.07) is 8.40. The van der Waals surface area contributed by atoms with Crippen LogP contribution in [0.5, 0.6) is 5.75 Å². The second kappa shape index (κ2) is 5.02. The molecule has 1 aliphatic heterocycles. The molecule has 1 aromatic heterocycles. The van der Waals surface area contributed by atoms with E-state index >= 15 is 0 Å². The summed E-state index contributed by atoms with van der Waals surface area (Å²) in [7, 11) is 1.73. The maximum atomic E-state index is 5.39. The number of hydrogen-bond acceptors (Lipinski definition) is 2. The van der Waals surface area contributed by atoms with Gasteiger partial charge in [0.05, 0.1) is 12.6 Å². The first kappa shape index (κ1) is 11.6. The van der Waals surface area contributed by atoms with Crippen LogP contribution >= 0.6 is 0 Å². The Kier molecular flexibility index (Phi) is 3.24. The highest BCUT2D eigenvalue weighted by Gasteiger charge is 2.12. The highest BCUT2D eigenvalue weighted by Crippen LogP contribution is 2.26. The average molecular weight is 244 g/mol. The molecule has 0 bridgehead atoms. The van der Waals surface area contributed by atoms with Crippen molar-refractivity contribution < 1.29 is 4.74 Å². The van der Waals surface area contributed by atoms with Crippen molar-refractivity contribution in [3.05, 3.63) is 30.5 Å². The van der Waals surface area contributed by atoms with Crippen molar-refractivity contribution in [2.24, 2.45) is 0 Å². The average Bonchev–Trinajstić information content (AvgIpc) is 3.05. The first-order valence-electron chi connectivity index (χ1n) is 6.73. The summed E-state index contributed by atoms with van der Waals surface area (Å²) in [6.45, 7) is 4.75. The molecule has 3 heteroatoms. The van der Waals surface area contributed by atoms with Crippen LogP contribution in [0.15, 0.2) is 30.5 Å². The zero-order valence-corrected chi connectivity index (χ0v) is 10.9. The number of hydrogen-bond donors (Lipinski definition) is 0. The van der Waals surface area contributed by atoms with E-state index < -0.39 is 0 Å². The topological polar surface area (TPSA) is 17.4 Å². The lowest BCUT2D eigenvalue weighted by Gasteiger charge is -2.15. The van der Waals surface area contributed by atoms with Crippen LogP contribution in [-0.2, 0) is 6.54 Å². The molecule has 1 aromatic carbocycles. The predicted molar refractivity (Wildman–Crippen MR) is 74.2 cm³/mol. The first-order chi connectivity index (χ1) is 8.88. The lowest BCUT2D eigenvalue weighted by molar-refractivity contribution is 0.324. The minimum absolute atomic E-state index is 0.965. The van der Waals surface area contributed by atoms with E-state index in [9.17, 15) is 0 Å². The van der Waals surface area contributed by atoms with Crippen LogP contribution < -0.4 is 4.74 Å². The predicted octanol–water partition coefficient (Wildman–Crippen LogP) is 2.75. The van der Waals surface area contributed by atoms with Gasteiger partial charge in [0.2, 0.25) is 0 Å². The second-order valence-electron chi connectivity index (χ2n) is 4.95. The quantitative estimate of drug-likeness (QED) is 0.823. The summed E-state index contributed by atoms with van der Waals surface area (Å²) in [5, 5.41) is 1.21. The summed E-state index contributed by atoms with van der Waals surface area (Å²) in [4.78, 5) is 2.55. The molecule has 0 radical (unpaired) electrons. The van der Waals surface area contributed by atoms with E-state index in [1.165, 1.54) is 36.8 Å². The normalized spacial score (nSPS) is 16.5. The molecule has 3 nitrogen and oxygen atoms in total. The van der Waals surface area contributed by atoms with Crippen LogP contribution in [0.1, 0.15) is 12.8 Å². The van der Waals surface area contributed by atoms with Crippen molar-refractivity contribution in [3.63, 3.8) is 0 Å². The molecule has 18 heavy (non-hydrogen) atoms. The van der Waals surface area contributed by atoms with Crippen molar-refractivity contribution in [2.45, 2.75) is 19.4 Å². The molecule has 1 saturated heterocycles. The molecule has 1 aliphatic rings. The molecule has 2 aromatic rings. The number of benzene rings is 1. The smallest absolute Gasteiger partial charge is 0.128 e. The summed E-state index contributed by atoms with van der Waals surface area (Å²) < 4.78 is 7.72. The molecule has 96 valence electrons. The van der Waals surface area contributed by atoms with Gasteiger partial charge in [0.1, 0.15) is 5.75 Å². The number of fused-ring (bicyclic) bond motifs is 1. The highest BCUT2D eigenvalue weighted by molar-refractivity contribution is 5.86. The lowest BCUT2D eigenvalue weighted by atomic mass is 10.2. The standard InChI is InChI=1S/C15H20N2O/c1-18-15-6-4-5-14-13(15)7-10-17(14)12-11-16-8-2-3-9-16/h4-7,10H,2-3,8-9,11-12H2,1H3. The third-order valence-electron chi connectivity index (χ3n) is 3.85. The molecular weight excluding hydrogens is 224 g/mol. The van der Waals surface area contributed by atoms with Gasteiger partial charge >= 0.3 is 0 Å². The van der Waals surface area contributed by atoms with Gasteiger partial charge in [-0.25, -0.2) is 0 Å². The van der Waals surface area contributed by atoms with Crippen molar-refractivity contribution in [1.29, 1.82) is 0 Å². The van der Waals surface area contributed by atoms with Gasteiger partial charge in [0.25, 0.3) is 0 Å². The third-order valence-corrected chi connectivity index (χ3v) is 3.85. The number of aromatic nitrogens is 1. The maximum absolute atomic E-state index is 5.39. The number of methoxy groups -OCH3 is 1. The molecule has 0 amide bonds. The van der Waals surface area contributed by atoms with Crippen LogP contribution in [-0.4, -0.2) is 36.2 Å². The minimum Gasteiger partial charge on any atom is -0.496 e. The first-order valence-corrected chi connectivity index (χ1v) is 6.73. The van der Waals surface area contributed by atoms with Gasteiger partial charge in [-0.05, 0) is 44.1 Å². The Labute approximate surface area is 108 Å². The molecule has 3 rings (SSSR count). The number of likely N-dealkylation sites (tertiary alicyclic amines) is 1. The van der Waals surface area contributed by atoms with E-state index in [0.29, 0.717) is 0 Å². The molecule has 1 fully saturated rings. The monoisotopic (exact) mass is 244 g/mol. The van der Waals surface area contributed by atoms with Gasteiger partial charge in [0, 0.05) is 24.7 Å². The van der Waals surface area contributed by atoms with Gasteiger partial charge in [-0.3, -0.25) is 0 Å². The summed E-state index contributed by atoms with van der Waals surface area (Å²) in [5.74, 6) is 0.965. The maximum Gasteiger partial charge on any atom is 0.128 e. The Morgan fingerprint density at radius 3 is 2.72 bits per heavy atom. The Morgan fingerprint density at radius 2 is 1.94 bits per heavy atom. The Balaban J connectivity index is 1.79. The largest absolute Gasteiger partial charge is 0.496 e. The van der Waals surface area contributed by atoms with E-state index in [1.54, 1.807) is 7.11 Å². The fourth-order valence-electron chi connectivity index (χ4n) is 2.82. The number of ether oxygens (including phenoxy) is 1. The van der Waals surface area contributed by atoms with Crippen molar-refractivity contribution >= 4 is 10.9 Å². The van der Waals surface area contributed by atoms with Crippen LogP contribution in [0.3, 0.4) is 0 Å². The summed E-state index contributed by atoms with van der Waals surface area (Å²) in [5.41, 5.74) is 1.27. The molecule has 0 spiro atoms. The van der Waals surface area contributed by atoms with Gasteiger partial charge in [-0.2, -0.15) is 0 Å². The van der Waals surface area contributed by atoms with E-state index in [4.69, 9.17) is 4.74 Å². The SMILES string of the molecule is COc1cccc2c1ccn2CCN1CCCC1. The van der Waals surface area contributed by atoms with Crippen LogP contribution in [0.2, 0.25) is 0 Å². The molecule has 0 unspecified atom stereocenters. The molecule has 2 heterocycles. The highest BCUT2D eigenvalue weighted by atomic mass is 16.5. The summed E-state index contributed by atoms with van der Waals surface area (Å²) in [6.07, 6.45) is 4.89. The Morgan fingerprint density at radius 1 is 1.11 bits per heavy atom. The van der Waals surface area contributed by atoms with E-state index in [-0.39, 0.29) is 0 Å². The zero-order valence-electron chi connectivity index (χ0n) is 10.9. The Hall–Kier alpha value is -1.48. The van der Waals surface area contributed by atoms with Crippen molar-refractivity contribution in [3.8, 4) is 5.75 Å². The zero-order chi connectivity index (χ0) is 12.4. The lowest BCUT2D eigenvalue weighted by Crippen LogP contribution is -2.23. The van der Waals surface area contributed by atoms with Gasteiger partial charge in [-0.15, -0.1) is 0 Å². The van der Waals surface area contributed by atoms with Crippen molar-refractivity contribution in [1.82, 2.24) is 9.47 Å². The van der Waals surface area contributed by atoms with Crippen LogP contribution in [0.4, 0.5) is 0 Å². The fraction of sp³-hybridized carbons (Fsp3) is 0.467. The molecule has 0 aliphatic carbocycles. The van der Waals surface area contributed by atoms with Crippen LogP contribution in [0.25, 0.3) is 10.9 Å². The van der Waals surface area contributed by atoms with Gasteiger partial charge in [-0.1, -0.05) is 6.07 Å². The number of nitrogens with zero attached hydrogens (tertiary/aromatic N) is 2. The molecular formula is C15H20N2O. The van der Waals surface area contributed by atoms with E-state index in [2.05, 4.69) is 33.9 Å². The molecule has 0 saturated carbocycles. The second-order valence-corrected chi connectivity index (χ2v) is 4.95. The Bertz CT molecular complexity index is 526.